The van der Waals surface area contributed by atoms with E-state index in [-0.39, 0.29) is 5.82 Å². The van der Waals surface area contributed by atoms with Crippen LogP contribution >= 0.6 is 0 Å². The molecule has 1 N–H and O–H groups in total. The topological polar surface area (TPSA) is 24.5 Å². The van der Waals surface area contributed by atoms with E-state index in [9.17, 15) is 4.39 Å². The normalized spacial score (nSPS) is 25.8. The van der Waals surface area contributed by atoms with Crippen molar-refractivity contribution in [1.29, 1.82) is 0 Å². The van der Waals surface area contributed by atoms with E-state index in [4.69, 9.17) is 4.74 Å². The van der Waals surface area contributed by atoms with E-state index in [1.807, 2.05) is 6.07 Å². The largest absolute Gasteiger partial charge is 0.374 e. The molecule has 110 valence electrons. The molecule has 1 saturated carbocycles. The Morgan fingerprint density at radius 3 is 3.15 bits per heavy atom. The zero-order chi connectivity index (χ0) is 13.9. The lowest BCUT2D eigenvalue weighted by molar-refractivity contribution is 0.0255. The van der Waals surface area contributed by atoms with Crippen molar-refractivity contribution < 1.29 is 9.13 Å². The Labute approximate surface area is 120 Å². The van der Waals surface area contributed by atoms with Crippen LogP contribution in [0.25, 0.3) is 0 Å². The SMILES string of the molecule is CCNCc1cc(F)ccc1N1CCOC2CCCC21. The highest BCUT2D eigenvalue weighted by Gasteiger charge is 2.36. The van der Waals surface area contributed by atoms with Crippen LogP contribution in [0.15, 0.2) is 18.2 Å². The van der Waals surface area contributed by atoms with E-state index in [2.05, 4.69) is 17.1 Å². The second kappa shape index (κ2) is 6.10. The van der Waals surface area contributed by atoms with E-state index in [1.165, 1.54) is 18.5 Å². The number of fused-ring (bicyclic) bond motifs is 1. The van der Waals surface area contributed by atoms with Crippen molar-refractivity contribution in [2.45, 2.75) is 44.9 Å². The molecule has 0 amide bonds. The monoisotopic (exact) mass is 278 g/mol. The molecule has 1 aromatic rings. The van der Waals surface area contributed by atoms with Gasteiger partial charge in [0.15, 0.2) is 0 Å². The number of halogens is 1. The molecule has 0 aromatic heterocycles. The fourth-order valence-electron chi connectivity index (χ4n) is 3.46. The summed E-state index contributed by atoms with van der Waals surface area (Å²) in [4.78, 5) is 2.44. The lowest BCUT2D eigenvalue weighted by Crippen LogP contribution is -2.49. The summed E-state index contributed by atoms with van der Waals surface area (Å²) in [5.41, 5.74) is 2.23. The lowest BCUT2D eigenvalue weighted by Gasteiger charge is -2.40. The van der Waals surface area contributed by atoms with Gasteiger partial charge in [0.25, 0.3) is 0 Å². The second-order valence-electron chi connectivity index (χ2n) is 5.65. The molecule has 2 fully saturated rings. The summed E-state index contributed by atoms with van der Waals surface area (Å²) < 4.78 is 19.4. The van der Waals surface area contributed by atoms with Crippen LogP contribution in [0.1, 0.15) is 31.7 Å². The molecule has 1 saturated heterocycles. The summed E-state index contributed by atoms with van der Waals surface area (Å²) in [6.45, 7) is 5.37. The van der Waals surface area contributed by atoms with E-state index < -0.39 is 0 Å². The highest BCUT2D eigenvalue weighted by molar-refractivity contribution is 5.55. The number of benzene rings is 1. The van der Waals surface area contributed by atoms with Gasteiger partial charge in [0, 0.05) is 18.8 Å². The Bertz CT molecular complexity index is 466. The molecule has 2 atom stereocenters. The van der Waals surface area contributed by atoms with Crippen LogP contribution in [-0.2, 0) is 11.3 Å². The van der Waals surface area contributed by atoms with Crippen molar-refractivity contribution in [2.24, 2.45) is 0 Å². The Kier molecular flexibility index (Phi) is 4.22. The van der Waals surface area contributed by atoms with Crippen molar-refractivity contribution in [3.8, 4) is 0 Å². The van der Waals surface area contributed by atoms with Gasteiger partial charge in [-0.15, -0.1) is 0 Å². The van der Waals surface area contributed by atoms with Crippen LogP contribution in [-0.4, -0.2) is 31.8 Å². The maximum atomic E-state index is 13.5. The van der Waals surface area contributed by atoms with E-state index in [0.29, 0.717) is 12.1 Å². The second-order valence-corrected chi connectivity index (χ2v) is 5.65. The first-order valence-electron chi connectivity index (χ1n) is 7.67. The van der Waals surface area contributed by atoms with Gasteiger partial charge in [-0.3, -0.25) is 0 Å². The fraction of sp³-hybridized carbons (Fsp3) is 0.625. The van der Waals surface area contributed by atoms with Gasteiger partial charge in [-0.2, -0.15) is 0 Å². The number of rotatable bonds is 4. The zero-order valence-electron chi connectivity index (χ0n) is 12.1. The predicted molar refractivity (Wildman–Crippen MR) is 78.5 cm³/mol. The average molecular weight is 278 g/mol. The molecule has 4 heteroatoms. The molecule has 3 nitrogen and oxygen atoms in total. The van der Waals surface area contributed by atoms with E-state index in [1.54, 1.807) is 12.1 Å². The number of nitrogens with zero attached hydrogens (tertiary/aromatic N) is 1. The van der Waals surface area contributed by atoms with E-state index in [0.717, 1.165) is 38.2 Å². The lowest BCUT2D eigenvalue weighted by atomic mass is 10.1. The molecule has 0 bridgehead atoms. The van der Waals surface area contributed by atoms with Crippen molar-refractivity contribution >= 4 is 5.69 Å². The number of nitrogens with one attached hydrogen (secondary N) is 1. The molecule has 20 heavy (non-hydrogen) atoms. The first-order chi connectivity index (χ1) is 9.79. The number of hydrogen-bond acceptors (Lipinski definition) is 3. The molecule has 2 aliphatic rings. The minimum absolute atomic E-state index is 0.155. The molecular formula is C16H23FN2O. The fourth-order valence-corrected chi connectivity index (χ4v) is 3.46. The van der Waals surface area contributed by atoms with Gasteiger partial charge in [0.1, 0.15) is 5.82 Å². The third-order valence-electron chi connectivity index (χ3n) is 4.40. The number of ether oxygens (including phenoxy) is 1. The molecule has 3 rings (SSSR count). The Morgan fingerprint density at radius 2 is 2.30 bits per heavy atom. The quantitative estimate of drug-likeness (QED) is 0.916. The standard InChI is InChI=1S/C16H23FN2O/c1-2-18-11-12-10-13(17)6-7-14(12)19-8-9-20-16-5-3-4-15(16)19/h6-7,10,15-16,18H,2-5,8-9,11H2,1H3. The highest BCUT2D eigenvalue weighted by Crippen LogP contribution is 2.34. The van der Waals surface area contributed by atoms with Gasteiger partial charge < -0.3 is 15.0 Å². The molecule has 0 radical (unpaired) electrons. The minimum Gasteiger partial charge on any atom is -0.374 e. The van der Waals surface area contributed by atoms with E-state index >= 15 is 0 Å². The van der Waals surface area contributed by atoms with Crippen LogP contribution in [0, 0.1) is 5.82 Å². The first-order valence-corrected chi connectivity index (χ1v) is 7.67. The number of morpholine rings is 1. The van der Waals surface area contributed by atoms with Gasteiger partial charge in [-0.25, -0.2) is 4.39 Å². The molecular weight excluding hydrogens is 255 g/mol. The van der Waals surface area contributed by atoms with Gasteiger partial charge in [-0.1, -0.05) is 6.92 Å². The van der Waals surface area contributed by atoms with Crippen molar-refractivity contribution in [3.05, 3.63) is 29.6 Å². The van der Waals surface area contributed by atoms with Gasteiger partial charge in [0.2, 0.25) is 0 Å². The predicted octanol–water partition coefficient (Wildman–Crippen LogP) is 2.69. The van der Waals surface area contributed by atoms with Gasteiger partial charge >= 0.3 is 0 Å². The minimum atomic E-state index is -0.155. The van der Waals surface area contributed by atoms with Crippen LogP contribution in [0.3, 0.4) is 0 Å². The maximum Gasteiger partial charge on any atom is 0.123 e. The smallest absolute Gasteiger partial charge is 0.123 e. The Morgan fingerprint density at radius 1 is 1.40 bits per heavy atom. The summed E-state index contributed by atoms with van der Waals surface area (Å²) in [7, 11) is 0. The van der Waals surface area contributed by atoms with Gasteiger partial charge in [0.05, 0.1) is 18.8 Å². The molecule has 1 aromatic carbocycles. The van der Waals surface area contributed by atoms with Crippen LogP contribution in [0.2, 0.25) is 0 Å². The number of anilines is 1. The summed E-state index contributed by atoms with van der Waals surface area (Å²) >= 11 is 0. The summed E-state index contributed by atoms with van der Waals surface area (Å²) in [6.07, 6.45) is 3.93. The molecule has 2 unspecified atom stereocenters. The number of hydrogen-bond donors (Lipinski definition) is 1. The van der Waals surface area contributed by atoms with Gasteiger partial charge in [-0.05, 0) is 49.6 Å². The first kappa shape index (κ1) is 13.8. The average Bonchev–Trinajstić information content (AvgIpc) is 2.94. The third kappa shape index (κ3) is 2.67. The highest BCUT2D eigenvalue weighted by atomic mass is 19.1. The zero-order valence-corrected chi connectivity index (χ0v) is 12.1. The van der Waals surface area contributed by atoms with Crippen molar-refractivity contribution in [1.82, 2.24) is 5.32 Å². The van der Waals surface area contributed by atoms with Crippen LogP contribution < -0.4 is 10.2 Å². The third-order valence-corrected chi connectivity index (χ3v) is 4.40. The molecule has 1 heterocycles. The summed E-state index contributed by atoms with van der Waals surface area (Å²) in [5, 5.41) is 3.31. The summed E-state index contributed by atoms with van der Waals surface area (Å²) in [6, 6.07) is 5.64. The molecule has 0 spiro atoms. The van der Waals surface area contributed by atoms with Crippen molar-refractivity contribution in [3.63, 3.8) is 0 Å². The summed E-state index contributed by atoms with van der Waals surface area (Å²) in [5.74, 6) is -0.155. The Hall–Kier alpha value is -1.13. The molecule has 1 aliphatic heterocycles. The molecule has 1 aliphatic carbocycles. The Balaban J connectivity index is 1.87. The van der Waals surface area contributed by atoms with Crippen LogP contribution in [0.5, 0.6) is 0 Å². The maximum absolute atomic E-state index is 13.5. The van der Waals surface area contributed by atoms with Crippen molar-refractivity contribution in [2.75, 3.05) is 24.6 Å². The van der Waals surface area contributed by atoms with Crippen LogP contribution in [0.4, 0.5) is 10.1 Å².